The maximum Gasteiger partial charge on any atom is 0.259 e. The first-order valence-electron chi connectivity index (χ1n) is 9.49. The fourth-order valence-electron chi connectivity index (χ4n) is 3.69. The standard InChI is InChI=1S/C21H23ClN4O2/c1-12(2)17-10-16(19-13(3)25-28-20(19)24-17)21(27)26-8-7-23-11-18(26)14-5-4-6-15(22)9-14/h4-6,9-10,12,18,23H,7-8,11H2,1-3H3. The molecule has 1 saturated heterocycles. The third-order valence-electron chi connectivity index (χ3n) is 5.20. The molecule has 28 heavy (non-hydrogen) atoms. The first-order valence-corrected chi connectivity index (χ1v) is 9.87. The molecular formula is C21H23ClN4O2. The Labute approximate surface area is 168 Å². The number of hydrogen-bond acceptors (Lipinski definition) is 5. The van der Waals surface area contributed by atoms with Gasteiger partial charge in [-0.2, -0.15) is 0 Å². The van der Waals surface area contributed by atoms with Gasteiger partial charge in [0, 0.05) is 30.4 Å². The van der Waals surface area contributed by atoms with Gasteiger partial charge in [-0.15, -0.1) is 0 Å². The molecular weight excluding hydrogens is 376 g/mol. The van der Waals surface area contributed by atoms with Crippen LogP contribution in [0.1, 0.15) is 53.1 Å². The van der Waals surface area contributed by atoms with Crippen LogP contribution in [0.5, 0.6) is 0 Å². The second kappa shape index (κ2) is 7.53. The monoisotopic (exact) mass is 398 g/mol. The van der Waals surface area contributed by atoms with Crippen LogP contribution in [0.4, 0.5) is 0 Å². The smallest absolute Gasteiger partial charge is 0.259 e. The number of piperazine rings is 1. The maximum absolute atomic E-state index is 13.7. The molecule has 3 aromatic rings. The van der Waals surface area contributed by atoms with E-state index in [1.165, 1.54) is 0 Å². The number of benzene rings is 1. The Kier molecular flexibility index (Phi) is 5.08. The average molecular weight is 399 g/mol. The summed E-state index contributed by atoms with van der Waals surface area (Å²) in [5.41, 5.74) is 3.53. The van der Waals surface area contributed by atoms with Crippen molar-refractivity contribution in [3.05, 3.63) is 57.9 Å². The number of fused-ring (bicyclic) bond motifs is 1. The lowest BCUT2D eigenvalue weighted by Crippen LogP contribution is -2.48. The van der Waals surface area contributed by atoms with E-state index in [1.807, 2.05) is 56.0 Å². The van der Waals surface area contributed by atoms with Gasteiger partial charge >= 0.3 is 0 Å². The van der Waals surface area contributed by atoms with E-state index in [4.69, 9.17) is 16.1 Å². The summed E-state index contributed by atoms with van der Waals surface area (Å²) in [4.78, 5) is 20.1. The fraction of sp³-hybridized carbons (Fsp3) is 0.381. The van der Waals surface area contributed by atoms with Gasteiger partial charge in [0.15, 0.2) is 0 Å². The summed E-state index contributed by atoms with van der Waals surface area (Å²) in [6.45, 7) is 7.97. The number of halogens is 1. The van der Waals surface area contributed by atoms with E-state index in [9.17, 15) is 4.79 Å². The molecule has 1 unspecified atom stereocenters. The molecule has 0 spiro atoms. The summed E-state index contributed by atoms with van der Waals surface area (Å²) in [5.74, 6) is 0.139. The number of rotatable bonds is 3. The molecule has 0 bridgehead atoms. The molecule has 6 nitrogen and oxygen atoms in total. The van der Waals surface area contributed by atoms with Crippen LogP contribution >= 0.6 is 11.6 Å². The summed E-state index contributed by atoms with van der Waals surface area (Å²) in [7, 11) is 0. The highest BCUT2D eigenvalue weighted by Gasteiger charge is 2.31. The number of aromatic nitrogens is 2. The first-order chi connectivity index (χ1) is 13.5. The highest BCUT2D eigenvalue weighted by Crippen LogP contribution is 2.30. The minimum atomic E-state index is -0.0918. The third kappa shape index (κ3) is 3.38. The number of amides is 1. The molecule has 0 radical (unpaired) electrons. The zero-order valence-electron chi connectivity index (χ0n) is 16.2. The Balaban J connectivity index is 1.80. The van der Waals surface area contributed by atoms with Crippen molar-refractivity contribution < 1.29 is 9.32 Å². The van der Waals surface area contributed by atoms with Crippen LogP contribution in [0.15, 0.2) is 34.9 Å². The van der Waals surface area contributed by atoms with Gasteiger partial charge in [-0.25, -0.2) is 4.98 Å². The van der Waals surface area contributed by atoms with Crippen molar-refractivity contribution in [2.45, 2.75) is 32.7 Å². The van der Waals surface area contributed by atoms with E-state index >= 15 is 0 Å². The van der Waals surface area contributed by atoms with Crippen LogP contribution in [0, 0.1) is 6.92 Å². The van der Waals surface area contributed by atoms with E-state index in [0.29, 0.717) is 40.5 Å². The van der Waals surface area contributed by atoms with Crippen molar-refractivity contribution in [2.24, 2.45) is 0 Å². The van der Waals surface area contributed by atoms with E-state index < -0.39 is 0 Å². The van der Waals surface area contributed by atoms with Crippen LogP contribution in [-0.4, -0.2) is 40.6 Å². The van der Waals surface area contributed by atoms with E-state index in [0.717, 1.165) is 17.8 Å². The van der Waals surface area contributed by atoms with Crippen molar-refractivity contribution in [3.63, 3.8) is 0 Å². The molecule has 0 saturated carbocycles. The largest absolute Gasteiger partial charge is 0.336 e. The zero-order valence-corrected chi connectivity index (χ0v) is 17.0. The third-order valence-corrected chi connectivity index (χ3v) is 5.43. The van der Waals surface area contributed by atoms with E-state index in [1.54, 1.807) is 0 Å². The van der Waals surface area contributed by atoms with Crippen LogP contribution in [-0.2, 0) is 0 Å². The van der Waals surface area contributed by atoms with E-state index in [-0.39, 0.29) is 17.9 Å². The van der Waals surface area contributed by atoms with Crippen molar-refractivity contribution >= 4 is 28.6 Å². The van der Waals surface area contributed by atoms with Gasteiger partial charge in [0.1, 0.15) is 0 Å². The number of carbonyl (C=O) groups excluding carboxylic acids is 1. The Bertz CT molecular complexity index is 1030. The predicted molar refractivity (Wildman–Crippen MR) is 109 cm³/mol. The lowest BCUT2D eigenvalue weighted by atomic mass is 9.99. The number of pyridine rings is 1. The van der Waals surface area contributed by atoms with Crippen LogP contribution in [0.2, 0.25) is 5.02 Å². The van der Waals surface area contributed by atoms with Gasteiger partial charge in [0.25, 0.3) is 11.6 Å². The number of carbonyl (C=O) groups is 1. The van der Waals surface area contributed by atoms with Gasteiger partial charge in [-0.05, 0) is 36.6 Å². The molecule has 3 heterocycles. The first kappa shape index (κ1) is 18.9. The molecule has 1 atom stereocenters. The molecule has 1 amide bonds. The lowest BCUT2D eigenvalue weighted by molar-refractivity contribution is 0.0636. The van der Waals surface area contributed by atoms with E-state index in [2.05, 4.69) is 15.5 Å². The second-order valence-electron chi connectivity index (χ2n) is 7.47. The normalized spacial score (nSPS) is 17.5. The van der Waals surface area contributed by atoms with Gasteiger partial charge in [0.2, 0.25) is 0 Å². The molecule has 1 N–H and O–H groups in total. The molecule has 1 fully saturated rings. The molecule has 2 aromatic heterocycles. The molecule has 7 heteroatoms. The summed E-state index contributed by atoms with van der Waals surface area (Å²) < 4.78 is 5.38. The number of aryl methyl sites for hydroxylation is 1. The highest BCUT2D eigenvalue weighted by atomic mass is 35.5. The Morgan fingerprint density at radius 1 is 1.36 bits per heavy atom. The molecule has 146 valence electrons. The second-order valence-corrected chi connectivity index (χ2v) is 7.91. The quantitative estimate of drug-likeness (QED) is 0.719. The Morgan fingerprint density at radius 2 is 2.18 bits per heavy atom. The zero-order chi connectivity index (χ0) is 19.8. The molecule has 1 aromatic carbocycles. The van der Waals surface area contributed by atoms with Gasteiger partial charge in [-0.3, -0.25) is 4.79 Å². The topological polar surface area (TPSA) is 71.3 Å². The van der Waals surface area contributed by atoms with Crippen molar-refractivity contribution in [2.75, 3.05) is 19.6 Å². The van der Waals surface area contributed by atoms with Crippen LogP contribution in [0.3, 0.4) is 0 Å². The minimum absolute atomic E-state index is 0.0351. The number of nitrogens with zero attached hydrogens (tertiary/aromatic N) is 3. The predicted octanol–water partition coefficient (Wildman–Crippen LogP) is 4.09. The SMILES string of the molecule is Cc1noc2nc(C(C)C)cc(C(=O)N3CCNCC3c3cccc(Cl)c3)c12. The summed E-state index contributed by atoms with van der Waals surface area (Å²) in [6, 6.07) is 9.49. The van der Waals surface area contributed by atoms with Gasteiger partial charge in [-0.1, -0.05) is 42.7 Å². The van der Waals surface area contributed by atoms with Crippen molar-refractivity contribution in [1.29, 1.82) is 0 Å². The van der Waals surface area contributed by atoms with Gasteiger partial charge in [0.05, 0.1) is 22.7 Å². The maximum atomic E-state index is 13.7. The summed E-state index contributed by atoms with van der Waals surface area (Å²) in [5, 5.41) is 8.78. The van der Waals surface area contributed by atoms with Crippen LogP contribution in [0.25, 0.3) is 11.1 Å². The average Bonchev–Trinajstić information content (AvgIpc) is 3.08. The van der Waals surface area contributed by atoms with Crippen LogP contribution < -0.4 is 5.32 Å². The Morgan fingerprint density at radius 3 is 2.93 bits per heavy atom. The highest BCUT2D eigenvalue weighted by molar-refractivity contribution is 6.30. The fourth-order valence-corrected chi connectivity index (χ4v) is 3.89. The summed E-state index contributed by atoms with van der Waals surface area (Å²) in [6.07, 6.45) is 0. The Hall–Kier alpha value is -2.44. The van der Waals surface area contributed by atoms with Crippen molar-refractivity contribution in [3.8, 4) is 0 Å². The molecule has 1 aliphatic rings. The minimum Gasteiger partial charge on any atom is -0.336 e. The molecule has 0 aliphatic carbocycles. The van der Waals surface area contributed by atoms with Crippen molar-refractivity contribution in [1.82, 2.24) is 20.4 Å². The lowest BCUT2D eigenvalue weighted by Gasteiger charge is -2.37. The molecule has 1 aliphatic heterocycles. The summed E-state index contributed by atoms with van der Waals surface area (Å²) >= 11 is 6.20. The van der Waals surface area contributed by atoms with Gasteiger partial charge < -0.3 is 14.7 Å². The number of nitrogens with one attached hydrogen (secondary N) is 1. The number of hydrogen-bond donors (Lipinski definition) is 1. The molecule has 4 rings (SSSR count).